The van der Waals surface area contributed by atoms with Crippen LogP contribution in [0.2, 0.25) is 0 Å². The molecule has 0 aliphatic heterocycles. The van der Waals surface area contributed by atoms with E-state index >= 15 is 0 Å². The number of anilines is 2. The Hall–Kier alpha value is -2.86. The van der Waals surface area contributed by atoms with Crippen molar-refractivity contribution in [3.8, 4) is 16.2 Å². The largest absolute Gasteiger partial charge is 0.508 e. The van der Waals surface area contributed by atoms with Crippen LogP contribution in [0.3, 0.4) is 0 Å². The molecule has 2 aromatic carbocycles. The Kier molecular flexibility index (Phi) is 6.28. The fraction of sp³-hybridized carbons (Fsp3) is 0.360. The monoisotopic (exact) mass is 435 g/mol. The number of nitrogens with one attached hydrogen (secondary N) is 2. The summed E-state index contributed by atoms with van der Waals surface area (Å²) in [6.45, 7) is 6.61. The molecule has 1 aromatic heterocycles. The first-order chi connectivity index (χ1) is 14.9. The van der Waals surface area contributed by atoms with Crippen molar-refractivity contribution in [2.24, 2.45) is 5.92 Å². The minimum Gasteiger partial charge on any atom is -0.508 e. The number of aryl methyl sites for hydroxylation is 3. The van der Waals surface area contributed by atoms with Gasteiger partial charge in [0, 0.05) is 23.7 Å². The minimum absolute atomic E-state index is 0.0991. The van der Waals surface area contributed by atoms with Crippen molar-refractivity contribution in [2.45, 2.75) is 53.0 Å². The lowest BCUT2D eigenvalue weighted by Crippen LogP contribution is -2.20. The number of rotatable bonds is 6. The smallest absolute Gasteiger partial charge is 0.229 e. The number of aromatic nitrogens is 1. The Bertz CT molecular complexity index is 1100. The van der Waals surface area contributed by atoms with Crippen LogP contribution in [0, 0.1) is 26.7 Å². The fourth-order valence-corrected chi connectivity index (χ4v) is 5.08. The minimum atomic E-state index is 0.0991. The molecule has 0 spiro atoms. The molecule has 6 heteroatoms. The van der Waals surface area contributed by atoms with Gasteiger partial charge in [0.2, 0.25) is 5.91 Å². The predicted molar refractivity (Wildman–Crippen MR) is 128 cm³/mol. The van der Waals surface area contributed by atoms with Crippen molar-refractivity contribution in [1.29, 1.82) is 0 Å². The molecule has 162 valence electrons. The molecule has 0 saturated heterocycles. The summed E-state index contributed by atoms with van der Waals surface area (Å²) in [5, 5.41) is 17.3. The van der Waals surface area contributed by atoms with Crippen LogP contribution in [0.1, 0.15) is 48.1 Å². The fourth-order valence-electron chi connectivity index (χ4n) is 4.11. The SMILES string of the molecule is Cc1ccc(O)c(CNc2cc(-c3sc(NC(=O)C4CCCC4)nc3C)ccc2C)c1. The van der Waals surface area contributed by atoms with Gasteiger partial charge in [0.05, 0.1) is 10.6 Å². The number of hydrogen-bond donors (Lipinski definition) is 3. The van der Waals surface area contributed by atoms with Gasteiger partial charge in [0.1, 0.15) is 5.75 Å². The number of amides is 1. The average Bonchev–Trinajstić information content (AvgIpc) is 3.40. The second-order valence-corrected chi connectivity index (χ2v) is 9.42. The average molecular weight is 436 g/mol. The summed E-state index contributed by atoms with van der Waals surface area (Å²) in [4.78, 5) is 18.1. The number of aromatic hydroxyl groups is 1. The summed E-state index contributed by atoms with van der Waals surface area (Å²) >= 11 is 1.52. The van der Waals surface area contributed by atoms with Crippen LogP contribution in [0.5, 0.6) is 5.75 Å². The molecule has 4 rings (SSSR count). The number of phenolic OH excluding ortho intramolecular Hbond substituents is 1. The summed E-state index contributed by atoms with van der Waals surface area (Å²) in [6.07, 6.45) is 4.23. The zero-order valence-corrected chi connectivity index (χ0v) is 19.1. The van der Waals surface area contributed by atoms with Crippen LogP contribution in [-0.2, 0) is 11.3 Å². The molecule has 0 radical (unpaired) electrons. The second-order valence-electron chi connectivity index (χ2n) is 8.42. The van der Waals surface area contributed by atoms with E-state index in [-0.39, 0.29) is 11.8 Å². The van der Waals surface area contributed by atoms with E-state index in [0.717, 1.165) is 64.2 Å². The Labute approximate surface area is 187 Å². The molecular weight excluding hydrogens is 406 g/mol. The van der Waals surface area contributed by atoms with Gasteiger partial charge in [0.25, 0.3) is 0 Å². The van der Waals surface area contributed by atoms with E-state index in [2.05, 4.69) is 40.7 Å². The van der Waals surface area contributed by atoms with Crippen molar-refractivity contribution >= 4 is 28.1 Å². The number of hydrogen-bond acceptors (Lipinski definition) is 5. The van der Waals surface area contributed by atoms with Crippen LogP contribution in [-0.4, -0.2) is 16.0 Å². The number of phenols is 1. The molecule has 31 heavy (non-hydrogen) atoms. The van der Waals surface area contributed by atoms with Gasteiger partial charge < -0.3 is 15.7 Å². The maximum Gasteiger partial charge on any atom is 0.229 e. The summed E-state index contributed by atoms with van der Waals surface area (Å²) in [5.41, 5.74) is 6.12. The molecule has 1 aliphatic rings. The maximum absolute atomic E-state index is 12.5. The highest BCUT2D eigenvalue weighted by Gasteiger charge is 2.24. The van der Waals surface area contributed by atoms with Gasteiger partial charge in [-0.05, 0) is 56.9 Å². The van der Waals surface area contributed by atoms with E-state index in [1.807, 2.05) is 26.0 Å². The molecule has 0 unspecified atom stereocenters. The number of carbonyl (C=O) groups excluding carboxylic acids is 1. The first-order valence-electron chi connectivity index (χ1n) is 10.8. The number of carbonyl (C=O) groups is 1. The van der Waals surface area contributed by atoms with Gasteiger partial charge in [-0.2, -0.15) is 0 Å². The molecular formula is C25H29N3O2S. The van der Waals surface area contributed by atoms with Crippen LogP contribution in [0.4, 0.5) is 10.8 Å². The van der Waals surface area contributed by atoms with Crippen LogP contribution < -0.4 is 10.6 Å². The van der Waals surface area contributed by atoms with E-state index in [1.165, 1.54) is 11.3 Å². The van der Waals surface area contributed by atoms with Gasteiger partial charge in [-0.1, -0.05) is 54.0 Å². The second kappa shape index (κ2) is 9.10. The van der Waals surface area contributed by atoms with Gasteiger partial charge >= 0.3 is 0 Å². The number of nitrogens with zero attached hydrogens (tertiary/aromatic N) is 1. The normalized spacial score (nSPS) is 14.0. The molecule has 1 heterocycles. The van der Waals surface area contributed by atoms with Gasteiger partial charge in [-0.3, -0.25) is 4.79 Å². The zero-order valence-electron chi connectivity index (χ0n) is 18.3. The van der Waals surface area contributed by atoms with E-state index in [9.17, 15) is 9.90 Å². The number of thiazole rings is 1. The van der Waals surface area contributed by atoms with Crippen LogP contribution in [0.25, 0.3) is 10.4 Å². The highest BCUT2D eigenvalue weighted by molar-refractivity contribution is 7.19. The van der Waals surface area contributed by atoms with Gasteiger partial charge in [-0.15, -0.1) is 0 Å². The van der Waals surface area contributed by atoms with Gasteiger partial charge in [0.15, 0.2) is 5.13 Å². The summed E-state index contributed by atoms with van der Waals surface area (Å²) in [6, 6.07) is 11.9. The standard InChI is InChI=1S/C25H29N3O2S/c1-15-8-11-22(29)20(12-15)14-26-21-13-19(10-9-16(21)2)23-17(3)27-25(31-23)28-24(30)18-6-4-5-7-18/h8-13,18,26,29H,4-7,14H2,1-3H3,(H,27,28,30). The highest BCUT2D eigenvalue weighted by Crippen LogP contribution is 2.36. The van der Waals surface area contributed by atoms with Crippen LogP contribution >= 0.6 is 11.3 Å². The summed E-state index contributed by atoms with van der Waals surface area (Å²) in [5.74, 6) is 0.524. The van der Waals surface area contributed by atoms with Crippen LogP contribution in [0.15, 0.2) is 36.4 Å². The van der Waals surface area contributed by atoms with Crippen molar-refractivity contribution in [1.82, 2.24) is 4.98 Å². The number of benzene rings is 2. The third kappa shape index (κ3) is 4.90. The molecule has 1 aliphatic carbocycles. The van der Waals surface area contributed by atoms with E-state index in [4.69, 9.17) is 0 Å². The lowest BCUT2D eigenvalue weighted by molar-refractivity contribution is -0.119. The van der Waals surface area contributed by atoms with E-state index in [1.54, 1.807) is 6.07 Å². The Morgan fingerprint density at radius 1 is 1.13 bits per heavy atom. The lowest BCUT2D eigenvalue weighted by atomic mass is 10.1. The molecule has 0 bridgehead atoms. The molecule has 1 saturated carbocycles. The van der Waals surface area contributed by atoms with Crippen molar-refractivity contribution < 1.29 is 9.90 Å². The van der Waals surface area contributed by atoms with Crippen molar-refractivity contribution in [3.63, 3.8) is 0 Å². The Balaban J connectivity index is 1.51. The van der Waals surface area contributed by atoms with E-state index < -0.39 is 0 Å². The topological polar surface area (TPSA) is 74.2 Å². The zero-order chi connectivity index (χ0) is 22.0. The van der Waals surface area contributed by atoms with E-state index in [0.29, 0.717) is 17.4 Å². The predicted octanol–water partition coefficient (Wildman–Crippen LogP) is 6.18. The molecule has 0 atom stereocenters. The first-order valence-corrected chi connectivity index (χ1v) is 11.6. The molecule has 1 amide bonds. The quantitative estimate of drug-likeness (QED) is 0.432. The Morgan fingerprint density at radius 3 is 2.68 bits per heavy atom. The Morgan fingerprint density at radius 2 is 1.90 bits per heavy atom. The van der Waals surface area contributed by atoms with Crippen molar-refractivity contribution in [3.05, 3.63) is 58.8 Å². The molecule has 3 N–H and O–H groups in total. The molecule has 5 nitrogen and oxygen atoms in total. The third-order valence-electron chi connectivity index (χ3n) is 5.96. The summed E-state index contributed by atoms with van der Waals surface area (Å²) < 4.78 is 0. The lowest BCUT2D eigenvalue weighted by Gasteiger charge is -2.13. The third-order valence-corrected chi connectivity index (χ3v) is 7.08. The van der Waals surface area contributed by atoms with Gasteiger partial charge in [-0.25, -0.2) is 4.98 Å². The summed E-state index contributed by atoms with van der Waals surface area (Å²) in [7, 11) is 0. The van der Waals surface area contributed by atoms with Crippen molar-refractivity contribution in [2.75, 3.05) is 10.6 Å². The first kappa shape index (κ1) is 21.4. The molecule has 3 aromatic rings. The maximum atomic E-state index is 12.5. The highest BCUT2D eigenvalue weighted by atomic mass is 32.1. The molecule has 1 fully saturated rings.